The van der Waals surface area contributed by atoms with Crippen LogP contribution >= 0.6 is 0 Å². The topological polar surface area (TPSA) is 214 Å². The van der Waals surface area contributed by atoms with Crippen LogP contribution in [0, 0.1) is 0 Å². The highest BCUT2D eigenvalue weighted by Crippen LogP contribution is 2.34. The maximum absolute atomic E-state index is 13.4. The Morgan fingerprint density at radius 3 is 2.36 bits per heavy atom. The number of amides is 1. The third-order valence-electron chi connectivity index (χ3n) is 6.99. The number of hydrogen-bond acceptors (Lipinski definition) is 12. The number of aliphatic hydroxyl groups excluding tert-OH is 5. The lowest BCUT2D eigenvalue weighted by Gasteiger charge is -2.45. The summed E-state index contributed by atoms with van der Waals surface area (Å²) in [7, 11) is 1.20. The van der Waals surface area contributed by atoms with Gasteiger partial charge in [-0.2, -0.15) is 0 Å². The number of aliphatic hydroxyl groups is 5. The summed E-state index contributed by atoms with van der Waals surface area (Å²) in [5.41, 5.74) is 0. The van der Waals surface area contributed by atoms with Crippen molar-refractivity contribution in [3.8, 4) is 0 Å². The number of methoxy groups -OCH3 is 1. The molecule has 0 spiro atoms. The van der Waals surface area contributed by atoms with Crippen LogP contribution in [0.15, 0.2) is 0 Å². The van der Waals surface area contributed by atoms with Crippen LogP contribution in [0.25, 0.3) is 0 Å². The van der Waals surface area contributed by atoms with E-state index in [1.165, 1.54) is 14.0 Å². The van der Waals surface area contributed by atoms with Gasteiger partial charge in [0.15, 0.2) is 6.29 Å². The maximum Gasteiger partial charge on any atom is 0.329 e. The van der Waals surface area contributed by atoms with Gasteiger partial charge < -0.3 is 59.6 Å². The minimum atomic E-state index is -1.99. The number of rotatable bonds is 9. The lowest BCUT2D eigenvalue weighted by molar-refractivity contribution is -0.310. The van der Waals surface area contributed by atoms with Crippen molar-refractivity contribution in [2.75, 3.05) is 20.3 Å². The first-order chi connectivity index (χ1) is 17.0. The summed E-state index contributed by atoms with van der Waals surface area (Å²) in [5.74, 6) is -4.01. The third kappa shape index (κ3) is 6.32. The van der Waals surface area contributed by atoms with E-state index in [4.69, 9.17) is 28.8 Å². The fourth-order valence-electron chi connectivity index (χ4n) is 4.84. The highest BCUT2D eigenvalue weighted by molar-refractivity contribution is 5.84. The van der Waals surface area contributed by atoms with Gasteiger partial charge in [-0.25, -0.2) is 4.79 Å². The van der Waals surface area contributed by atoms with E-state index in [0.29, 0.717) is 12.8 Å². The van der Waals surface area contributed by atoms with E-state index in [1.54, 1.807) is 0 Å². The molecule has 3 aliphatic rings. The van der Waals surface area contributed by atoms with Crippen LogP contribution in [0.5, 0.6) is 0 Å². The average molecular weight is 524 g/mol. The molecule has 1 saturated carbocycles. The molecular formula is C22H37NO13. The second-order valence-corrected chi connectivity index (χ2v) is 9.45. The minimum absolute atomic E-state index is 0.343. The van der Waals surface area contributed by atoms with Crippen molar-refractivity contribution in [3.05, 3.63) is 0 Å². The Bertz CT molecular complexity index is 755. The van der Waals surface area contributed by atoms with Gasteiger partial charge in [-0.15, -0.1) is 0 Å². The molecule has 2 aliphatic heterocycles. The van der Waals surface area contributed by atoms with Gasteiger partial charge in [-0.1, -0.05) is 12.8 Å². The fourth-order valence-corrected chi connectivity index (χ4v) is 4.84. The number of ether oxygens (including phenoxy) is 5. The van der Waals surface area contributed by atoms with Crippen LogP contribution in [0.3, 0.4) is 0 Å². The Morgan fingerprint density at radius 2 is 1.72 bits per heavy atom. The Hall–Kier alpha value is -1.46. The number of hydrogen-bond donors (Lipinski definition) is 7. The molecule has 0 aromatic heterocycles. The molecule has 14 nitrogen and oxygen atoms in total. The Balaban J connectivity index is 1.72. The minimum Gasteiger partial charge on any atom is -0.480 e. The Kier molecular flexibility index (Phi) is 10.0. The van der Waals surface area contributed by atoms with Crippen LogP contribution in [-0.2, 0) is 33.3 Å². The summed E-state index contributed by atoms with van der Waals surface area (Å²) in [4.78, 5) is 24.4. The standard InChI is InChI=1S/C22H37NO13/c1-10-16(27)18(29)19(30)20(34-10)35-12-6-4-3-5-11(12)23-21(31)22(32-2)7-13(33-9-15(25)26)17(28)14(8-24)36-22/h10-14,16-20,24,27-30H,3-9H2,1-2H3,(H,23,31)(H,25,26)/t10-,11+,12+,13+,14+,16+,17+,18+,19-,20-,22+/m0/s1. The zero-order valence-corrected chi connectivity index (χ0v) is 20.3. The van der Waals surface area contributed by atoms with Gasteiger partial charge in [0.25, 0.3) is 11.7 Å². The van der Waals surface area contributed by atoms with Gasteiger partial charge in [0.05, 0.1) is 31.0 Å². The van der Waals surface area contributed by atoms with Gasteiger partial charge in [-0.3, -0.25) is 4.79 Å². The van der Waals surface area contributed by atoms with Crippen molar-refractivity contribution in [3.63, 3.8) is 0 Å². The van der Waals surface area contributed by atoms with Crippen molar-refractivity contribution in [1.82, 2.24) is 5.32 Å². The zero-order valence-electron chi connectivity index (χ0n) is 20.3. The summed E-state index contributed by atoms with van der Waals surface area (Å²) in [6, 6.07) is -0.574. The van der Waals surface area contributed by atoms with Gasteiger partial charge in [0.2, 0.25) is 0 Å². The molecule has 36 heavy (non-hydrogen) atoms. The maximum atomic E-state index is 13.4. The largest absolute Gasteiger partial charge is 0.480 e. The Morgan fingerprint density at radius 1 is 1.03 bits per heavy atom. The highest BCUT2D eigenvalue weighted by Gasteiger charge is 2.53. The van der Waals surface area contributed by atoms with E-state index >= 15 is 0 Å². The second-order valence-electron chi connectivity index (χ2n) is 9.45. The molecule has 0 radical (unpaired) electrons. The van der Waals surface area contributed by atoms with E-state index in [-0.39, 0.29) is 6.42 Å². The molecular weight excluding hydrogens is 486 g/mol. The lowest BCUT2D eigenvalue weighted by atomic mass is 9.90. The van der Waals surface area contributed by atoms with Crippen LogP contribution in [0.1, 0.15) is 39.0 Å². The van der Waals surface area contributed by atoms with E-state index < -0.39 is 92.0 Å². The predicted octanol–water partition coefficient (Wildman–Crippen LogP) is -2.79. The third-order valence-corrected chi connectivity index (χ3v) is 6.99. The van der Waals surface area contributed by atoms with E-state index in [0.717, 1.165) is 12.8 Å². The molecule has 0 bridgehead atoms. The van der Waals surface area contributed by atoms with Crippen molar-refractivity contribution in [2.45, 2.75) is 106 Å². The van der Waals surface area contributed by atoms with Gasteiger partial charge >= 0.3 is 5.97 Å². The van der Waals surface area contributed by atoms with E-state index in [1.807, 2.05) is 0 Å². The van der Waals surface area contributed by atoms with Crippen LogP contribution in [0.2, 0.25) is 0 Å². The molecule has 0 aromatic rings. The van der Waals surface area contributed by atoms with Crippen LogP contribution in [0.4, 0.5) is 0 Å². The summed E-state index contributed by atoms with van der Waals surface area (Å²) in [6.07, 6.45) is -8.52. The second kappa shape index (κ2) is 12.4. The first-order valence-corrected chi connectivity index (χ1v) is 12.0. The molecule has 2 heterocycles. The van der Waals surface area contributed by atoms with Crippen LogP contribution in [-0.4, -0.2) is 130 Å². The first-order valence-electron chi connectivity index (χ1n) is 12.0. The summed E-state index contributed by atoms with van der Waals surface area (Å²) in [5, 5.41) is 62.1. The number of nitrogens with one attached hydrogen (secondary N) is 1. The van der Waals surface area contributed by atoms with Crippen molar-refractivity contribution in [1.29, 1.82) is 0 Å². The van der Waals surface area contributed by atoms with Gasteiger partial charge in [0, 0.05) is 13.5 Å². The molecule has 14 heteroatoms. The number of carboxylic acids is 1. The first kappa shape index (κ1) is 29.1. The molecule has 3 fully saturated rings. The fraction of sp³-hybridized carbons (Fsp3) is 0.909. The van der Waals surface area contributed by atoms with Crippen molar-refractivity contribution < 1.29 is 63.9 Å². The molecule has 0 aromatic carbocycles. The summed E-state index contributed by atoms with van der Waals surface area (Å²) in [6.45, 7) is 0.126. The smallest absolute Gasteiger partial charge is 0.329 e. The number of carbonyl (C=O) groups excluding carboxylic acids is 1. The molecule has 3 rings (SSSR count). The van der Waals surface area contributed by atoms with Gasteiger partial charge in [0.1, 0.15) is 37.1 Å². The lowest BCUT2D eigenvalue weighted by Crippen LogP contribution is -2.65. The normalized spacial score (nSPS) is 43.6. The van der Waals surface area contributed by atoms with Crippen LogP contribution < -0.4 is 5.32 Å². The SMILES string of the molecule is CO[C@]1(C(=O)N[C@@H]2CCCC[C@H]2O[C@@H]2O[C@@H](C)[C@@H](O)[C@@H](O)[C@@H]2O)C[C@@H](OCC(=O)O)[C@@H](O)[C@@H](CO)O1. The number of aliphatic carboxylic acids is 1. The molecule has 7 N–H and O–H groups in total. The van der Waals surface area contributed by atoms with Gasteiger partial charge in [-0.05, 0) is 19.8 Å². The van der Waals surface area contributed by atoms with E-state index in [9.17, 15) is 35.1 Å². The summed E-state index contributed by atoms with van der Waals surface area (Å²) >= 11 is 0. The quantitative estimate of drug-likeness (QED) is 0.163. The average Bonchev–Trinajstić information content (AvgIpc) is 2.86. The number of carboxylic acid groups (broad SMARTS) is 1. The monoisotopic (exact) mass is 523 g/mol. The molecule has 1 amide bonds. The Labute approximate surface area is 208 Å². The molecule has 208 valence electrons. The summed E-state index contributed by atoms with van der Waals surface area (Å²) < 4.78 is 27.7. The molecule has 11 atom stereocenters. The molecule has 2 saturated heterocycles. The zero-order chi connectivity index (χ0) is 26.6. The molecule has 1 aliphatic carbocycles. The predicted molar refractivity (Wildman–Crippen MR) is 117 cm³/mol. The number of carbonyl (C=O) groups is 2. The van der Waals surface area contributed by atoms with E-state index in [2.05, 4.69) is 5.32 Å². The van der Waals surface area contributed by atoms with Crippen molar-refractivity contribution in [2.24, 2.45) is 0 Å². The van der Waals surface area contributed by atoms with Crippen molar-refractivity contribution >= 4 is 11.9 Å². The molecule has 0 unspecified atom stereocenters. The highest BCUT2D eigenvalue weighted by atomic mass is 16.7.